The van der Waals surface area contributed by atoms with Crippen molar-refractivity contribution in [3.63, 3.8) is 0 Å². The first-order valence-electron chi connectivity index (χ1n) is 8.36. The number of rotatable bonds is 7. The molecule has 2 rings (SSSR count). The van der Waals surface area contributed by atoms with Crippen LogP contribution in [0.5, 0.6) is 0 Å². The average molecular weight is 330 g/mol. The van der Waals surface area contributed by atoms with Crippen LogP contribution >= 0.6 is 0 Å². The van der Waals surface area contributed by atoms with Gasteiger partial charge in [-0.1, -0.05) is 32.0 Å². The van der Waals surface area contributed by atoms with Gasteiger partial charge in [0.1, 0.15) is 0 Å². The van der Waals surface area contributed by atoms with Crippen molar-refractivity contribution in [3.8, 4) is 0 Å². The number of nitrogens with one attached hydrogen (secondary N) is 1. The quantitative estimate of drug-likeness (QED) is 0.819. The summed E-state index contributed by atoms with van der Waals surface area (Å²) in [5.74, 6) is -1.03. The van der Waals surface area contributed by atoms with Crippen LogP contribution in [0.4, 0.5) is 0 Å². The molecule has 0 spiro atoms. The molecule has 5 heteroatoms. The summed E-state index contributed by atoms with van der Waals surface area (Å²) in [4.78, 5) is 23.7. The third-order valence-electron chi connectivity index (χ3n) is 4.78. The molecule has 0 fully saturated rings. The Morgan fingerprint density at radius 2 is 1.96 bits per heavy atom. The van der Waals surface area contributed by atoms with Gasteiger partial charge in [-0.25, -0.2) is 0 Å². The first-order valence-corrected chi connectivity index (χ1v) is 8.36. The van der Waals surface area contributed by atoms with Crippen molar-refractivity contribution in [1.82, 2.24) is 9.88 Å². The summed E-state index contributed by atoms with van der Waals surface area (Å²) in [6.07, 6.45) is 2.16. The standard InChI is InChI=1S/C19H26N2O3/c1-5-21-12-14(15-8-6-7-9-16(15)21)10-17(22)20-19(4,13(2)3)11-18(23)24/h6-9,12-13H,5,10-11H2,1-4H3,(H,20,22)(H,23,24). The number of aromatic nitrogens is 1. The number of carbonyl (C=O) groups is 2. The van der Waals surface area contributed by atoms with Gasteiger partial charge in [0.2, 0.25) is 5.91 Å². The zero-order chi connectivity index (χ0) is 17.9. The number of fused-ring (bicyclic) bond motifs is 1. The second-order valence-corrected chi connectivity index (χ2v) is 6.83. The van der Waals surface area contributed by atoms with Crippen LogP contribution in [0.2, 0.25) is 0 Å². The fraction of sp³-hybridized carbons (Fsp3) is 0.474. The molecule has 1 atom stereocenters. The molecular weight excluding hydrogens is 304 g/mol. The number of nitrogens with zero attached hydrogens (tertiary/aromatic N) is 1. The third-order valence-corrected chi connectivity index (χ3v) is 4.78. The van der Waals surface area contributed by atoms with E-state index in [1.165, 1.54) is 0 Å². The molecular formula is C19H26N2O3. The molecule has 1 aromatic carbocycles. The summed E-state index contributed by atoms with van der Waals surface area (Å²) in [6, 6.07) is 8.01. The first kappa shape index (κ1) is 18.0. The number of hydrogen-bond donors (Lipinski definition) is 2. The van der Waals surface area contributed by atoms with Crippen molar-refractivity contribution < 1.29 is 14.7 Å². The minimum atomic E-state index is -0.908. The number of amides is 1. The summed E-state index contributed by atoms with van der Waals surface area (Å²) in [5, 5.41) is 13.1. The van der Waals surface area contributed by atoms with Gasteiger partial charge in [0.15, 0.2) is 0 Å². The Morgan fingerprint density at radius 3 is 2.54 bits per heavy atom. The van der Waals surface area contributed by atoms with E-state index >= 15 is 0 Å². The minimum Gasteiger partial charge on any atom is -0.481 e. The first-order chi connectivity index (χ1) is 11.3. The molecule has 0 radical (unpaired) electrons. The Hall–Kier alpha value is -2.30. The number of carbonyl (C=O) groups excluding carboxylic acids is 1. The van der Waals surface area contributed by atoms with Gasteiger partial charge in [-0.3, -0.25) is 9.59 Å². The van der Waals surface area contributed by atoms with Crippen molar-refractivity contribution in [3.05, 3.63) is 36.0 Å². The van der Waals surface area contributed by atoms with Crippen molar-refractivity contribution >= 4 is 22.8 Å². The maximum Gasteiger partial charge on any atom is 0.305 e. The summed E-state index contributed by atoms with van der Waals surface area (Å²) in [5.41, 5.74) is 1.32. The van der Waals surface area contributed by atoms with E-state index in [1.807, 2.05) is 44.3 Å². The highest BCUT2D eigenvalue weighted by atomic mass is 16.4. The van der Waals surface area contributed by atoms with Crippen molar-refractivity contribution in [2.75, 3.05) is 0 Å². The highest BCUT2D eigenvalue weighted by Gasteiger charge is 2.32. The SMILES string of the molecule is CCn1cc(CC(=O)NC(C)(CC(=O)O)C(C)C)c2ccccc21. The van der Waals surface area contributed by atoms with Gasteiger partial charge >= 0.3 is 5.97 Å². The van der Waals surface area contributed by atoms with Gasteiger partial charge < -0.3 is 15.0 Å². The highest BCUT2D eigenvalue weighted by molar-refractivity contribution is 5.89. The summed E-state index contributed by atoms with van der Waals surface area (Å²) < 4.78 is 2.12. The van der Waals surface area contributed by atoms with E-state index in [9.17, 15) is 9.59 Å². The highest BCUT2D eigenvalue weighted by Crippen LogP contribution is 2.24. The van der Waals surface area contributed by atoms with E-state index in [4.69, 9.17) is 5.11 Å². The van der Waals surface area contributed by atoms with Crippen molar-refractivity contribution in [1.29, 1.82) is 0 Å². The van der Waals surface area contributed by atoms with E-state index in [-0.39, 0.29) is 24.7 Å². The molecule has 5 nitrogen and oxygen atoms in total. The second kappa shape index (κ2) is 7.07. The smallest absolute Gasteiger partial charge is 0.305 e. The van der Waals surface area contributed by atoms with Crippen LogP contribution in [0.25, 0.3) is 10.9 Å². The van der Waals surface area contributed by atoms with Crippen LogP contribution in [0.15, 0.2) is 30.5 Å². The topological polar surface area (TPSA) is 71.3 Å². The van der Waals surface area contributed by atoms with E-state index in [2.05, 4.69) is 16.8 Å². The molecule has 0 aliphatic heterocycles. The fourth-order valence-corrected chi connectivity index (χ4v) is 2.97. The predicted octanol–water partition coefficient (Wildman–Crippen LogP) is 3.21. The lowest BCUT2D eigenvalue weighted by Gasteiger charge is -2.33. The lowest BCUT2D eigenvalue weighted by Crippen LogP contribution is -2.51. The molecule has 0 bridgehead atoms. The van der Waals surface area contributed by atoms with Gasteiger partial charge in [0.25, 0.3) is 0 Å². The Kier molecular flexibility index (Phi) is 5.32. The minimum absolute atomic E-state index is 0.0227. The maximum atomic E-state index is 12.5. The van der Waals surface area contributed by atoms with E-state index in [1.54, 1.807) is 6.92 Å². The number of benzene rings is 1. The van der Waals surface area contributed by atoms with Crippen LogP contribution in [0, 0.1) is 5.92 Å². The Bertz CT molecular complexity index is 748. The van der Waals surface area contributed by atoms with Crippen LogP contribution in [-0.4, -0.2) is 27.1 Å². The molecule has 0 saturated carbocycles. The average Bonchev–Trinajstić information content (AvgIpc) is 2.84. The molecule has 2 N–H and O–H groups in total. The zero-order valence-electron chi connectivity index (χ0n) is 14.8. The summed E-state index contributed by atoms with van der Waals surface area (Å²) in [6.45, 7) is 8.54. The number of carboxylic acids is 1. The Morgan fingerprint density at radius 1 is 1.29 bits per heavy atom. The molecule has 1 aromatic heterocycles. The van der Waals surface area contributed by atoms with E-state index in [0.29, 0.717) is 0 Å². The van der Waals surface area contributed by atoms with Gasteiger partial charge in [-0.05, 0) is 31.4 Å². The monoisotopic (exact) mass is 330 g/mol. The second-order valence-electron chi connectivity index (χ2n) is 6.83. The number of aliphatic carboxylic acids is 1. The van der Waals surface area contributed by atoms with Crippen LogP contribution in [0.1, 0.15) is 39.7 Å². The molecule has 1 unspecified atom stereocenters. The van der Waals surface area contributed by atoms with Crippen molar-refractivity contribution in [2.24, 2.45) is 5.92 Å². The Labute approximate surface area is 142 Å². The molecule has 0 saturated heterocycles. The van der Waals surface area contributed by atoms with Gasteiger partial charge in [-0.2, -0.15) is 0 Å². The van der Waals surface area contributed by atoms with Gasteiger partial charge in [0.05, 0.1) is 12.8 Å². The molecule has 1 amide bonds. The molecule has 0 aliphatic rings. The van der Waals surface area contributed by atoms with Crippen LogP contribution < -0.4 is 5.32 Å². The lowest BCUT2D eigenvalue weighted by atomic mass is 9.85. The number of aryl methyl sites for hydroxylation is 1. The van der Waals surface area contributed by atoms with Gasteiger partial charge in [-0.15, -0.1) is 0 Å². The van der Waals surface area contributed by atoms with Gasteiger partial charge in [0, 0.05) is 29.2 Å². The molecule has 24 heavy (non-hydrogen) atoms. The number of carboxylic acid groups (broad SMARTS) is 1. The summed E-state index contributed by atoms with van der Waals surface area (Å²) >= 11 is 0. The number of hydrogen-bond acceptors (Lipinski definition) is 2. The van der Waals surface area contributed by atoms with Crippen molar-refractivity contribution in [2.45, 2.75) is 52.6 Å². The molecule has 2 aromatic rings. The molecule has 130 valence electrons. The normalized spacial score (nSPS) is 13.9. The third kappa shape index (κ3) is 3.78. The zero-order valence-corrected chi connectivity index (χ0v) is 14.8. The van der Waals surface area contributed by atoms with Crippen LogP contribution in [-0.2, 0) is 22.6 Å². The largest absolute Gasteiger partial charge is 0.481 e. The number of para-hydroxylation sites is 1. The summed E-state index contributed by atoms with van der Waals surface area (Å²) in [7, 11) is 0. The maximum absolute atomic E-state index is 12.5. The molecule has 0 aliphatic carbocycles. The molecule has 1 heterocycles. The van der Waals surface area contributed by atoms with Crippen LogP contribution in [0.3, 0.4) is 0 Å². The van der Waals surface area contributed by atoms with E-state index < -0.39 is 11.5 Å². The fourth-order valence-electron chi connectivity index (χ4n) is 2.97. The lowest BCUT2D eigenvalue weighted by molar-refractivity contribution is -0.139. The predicted molar refractivity (Wildman–Crippen MR) is 95.0 cm³/mol. The van der Waals surface area contributed by atoms with E-state index in [0.717, 1.165) is 23.0 Å². The Balaban J connectivity index is 2.22.